The fourth-order valence-corrected chi connectivity index (χ4v) is 4.80. The van der Waals surface area contributed by atoms with Gasteiger partial charge in [0.05, 0.1) is 0 Å². The Morgan fingerprint density at radius 1 is 0.586 bits per heavy atom. The van der Waals surface area contributed by atoms with Crippen molar-refractivity contribution >= 4 is 41.8 Å². The maximum absolute atomic E-state index is 11.9. The highest BCUT2D eigenvalue weighted by atomic mass is 32.2. The first-order valence-corrected chi connectivity index (χ1v) is 11.2. The van der Waals surface area contributed by atoms with Gasteiger partial charge in [0.15, 0.2) is 0 Å². The van der Waals surface area contributed by atoms with Gasteiger partial charge in [0.25, 0.3) is 20.2 Å². The van der Waals surface area contributed by atoms with Gasteiger partial charge >= 0.3 is 0 Å². The van der Waals surface area contributed by atoms with E-state index < -0.39 is 20.2 Å². The van der Waals surface area contributed by atoms with Gasteiger partial charge in [0.2, 0.25) is 0 Å². The van der Waals surface area contributed by atoms with Crippen LogP contribution in [0, 0.1) is 0 Å². The number of hydrogen-bond acceptors (Lipinski definition) is 5. The van der Waals surface area contributed by atoms with Crippen LogP contribution in [0.5, 0.6) is 5.75 Å². The van der Waals surface area contributed by atoms with Crippen molar-refractivity contribution in [3.8, 4) is 16.9 Å². The molecule has 0 aliphatic heterocycles. The summed E-state index contributed by atoms with van der Waals surface area (Å²) in [6.45, 7) is 0. The highest BCUT2D eigenvalue weighted by molar-refractivity contribution is 7.86. The molecule has 0 fully saturated rings. The third kappa shape index (κ3) is 3.45. The van der Waals surface area contributed by atoms with Crippen molar-refractivity contribution < 1.29 is 31.0 Å². The maximum Gasteiger partial charge on any atom is 0.295 e. The molecule has 29 heavy (non-hydrogen) atoms. The zero-order valence-corrected chi connectivity index (χ0v) is 16.3. The van der Waals surface area contributed by atoms with Gasteiger partial charge < -0.3 is 5.11 Å². The van der Waals surface area contributed by atoms with Gasteiger partial charge in [-0.25, -0.2) is 0 Å². The van der Waals surface area contributed by atoms with Gasteiger partial charge in [0.1, 0.15) is 15.5 Å². The molecule has 0 bridgehead atoms. The van der Waals surface area contributed by atoms with Crippen LogP contribution >= 0.6 is 0 Å². The van der Waals surface area contributed by atoms with E-state index in [4.69, 9.17) is 0 Å². The molecule has 0 spiro atoms. The van der Waals surface area contributed by atoms with E-state index >= 15 is 0 Å². The lowest BCUT2D eigenvalue weighted by Crippen LogP contribution is -2.00. The molecule has 7 nitrogen and oxygen atoms in total. The third-order valence-electron chi connectivity index (χ3n) is 4.67. The Kier molecular flexibility index (Phi) is 4.35. The van der Waals surface area contributed by atoms with Crippen molar-refractivity contribution in [2.75, 3.05) is 0 Å². The molecule has 4 rings (SSSR count). The quantitative estimate of drug-likeness (QED) is 0.421. The van der Waals surface area contributed by atoms with Crippen LogP contribution in [0.4, 0.5) is 0 Å². The van der Waals surface area contributed by atoms with Crippen molar-refractivity contribution in [1.82, 2.24) is 0 Å². The van der Waals surface area contributed by atoms with Crippen LogP contribution in [0.15, 0.2) is 76.5 Å². The molecule has 9 heteroatoms. The van der Waals surface area contributed by atoms with Gasteiger partial charge in [-0.3, -0.25) is 9.11 Å². The molecule has 0 aliphatic carbocycles. The first kappa shape index (κ1) is 19.3. The number of phenols is 1. The Bertz CT molecular complexity index is 1510. The van der Waals surface area contributed by atoms with E-state index in [1.807, 2.05) is 0 Å². The molecule has 0 unspecified atom stereocenters. The second kappa shape index (κ2) is 6.53. The van der Waals surface area contributed by atoms with Gasteiger partial charge in [-0.15, -0.1) is 0 Å². The summed E-state index contributed by atoms with van der Waals surface area (Å²) >= 11 is 0. The average molecular weight is 430 g/mol. The summed E-state index contributed by atoms with van der Waals surface area (Å²) in [5.41, 5.74) is 0.922. The lowest BCUT2D eigenvalue weighted by atomic mass is 9.98. The van der Waals surface area contributed by atoms with Crippen LogP contribution in [-0.4, -0.2) is 31.0 Å². The summed E-state index contributed by atoms with van der Waals surface area (Å²) in [5, 5.41) is 11.4. The van der Waals surface area contributed by atoms with E-state index in [0.29, 0.717) is 21.9 Å². The molecule has 0 saturated heterocycles. The molecule has 0 aromatic heterocycles. The first-order chi connectivity index (χ1) is 13.6. The second-order valence-corrected chi connectivity index (χ2v) is 9.27. The summed E-state index contributed by atoms with van der Waals surface area (Å²) in [4.78, 5) is -0.615. The van der Waals surface area contributed by atoms with E-state index in [9.17, 15) is 31.0 Å². The molecule has 4 aromatic carbocycles. The van der Waals surface area contributed by atoms with Crippen molar-refractivity contribution in [2.45, 2.75) is 9.79 Å². The smallest absolute Gasteiger partial charge is 0.295 e. The van der Waals surface area contributed by atoms with Gasteiger partial charge in [-0.05, 0) is 46.8 Å². The lowest BCUT2D eigenvalue weighted by molar-refractivity contribution is 0.478. The van der Waals surface area contributed by atoms with Crippen LogP contribution in [-0.2, 0) is 20.2 Å². The fourth-order valence-electron chi connectivity index (χ4n) is 3.37. The number of fused-ring (bicyclic) bond motifs is 2. The molecule has 4 aromatic rings. The van der Waals surface area contributed by atoms with E-state index in [1.165, 1.54) is 24.3 Å². The average Bonchev–Trinajstić information content (AvgIpc) is 2.65. The molecular weight excluding hydrogens is 416 g/mol. The van der Waals surface area contributed by atoms with Crippen molar-refractivity contribution in [1.29, 1.82) is 0 Å². The topological polar surface area (TPSA) is 129 Å². The largest absolute Gasteiger partial charge is 0.507 e. The normalized spacial score (nSPS) is 12.5. The molecule has 0 aliphatic rings. The summed E-state index contributed by atoms with van der Waals surface area (Å²) in [5.74, 6) is -0.204. The number of phenolic OH excluding ortho intramolecular Hbond substituents is 1. The van der Waals surface area contributed by atoms with Crippen LogP contribution in [0.25, 0.3) is 32.7 Å². The zero-order chi connectivity index (χ0) is 21.0. The van der Waals surface area contributed by atoms with Crippen molar-refractivity contribution in [2.24, 2.45) is 0 Å². The molecule has 148 valence electrons. The molecule has 0 heterocycles. The fraction of sp³-hybridized carbons (Fsp3) is 0. The molecule has 3 N–H and O–H groups in total. The Morgan fingerprint density at radius 2 is 1.28 bits per heavy atom. The van der Waals surface area contributed by atoms with Crippen LogP contribution in [0.2, 0.25) is 0 Å². The molecule has 0 saturated carbocycles. The summed E-state index contributed by atoms with van der Waals surface area (Å²) < 4.78 is 66.0. The van der Waals surface area contributed by atoms with E-state index in [0.717, 1.165) is 12.1 Å². The number of hydrogen-bond donors (Lipinski definition) is 3. The zero-order valence-electron chi connectivity index (χ0n) is 14.6. The Morgan fingerprint density at radius 3 is 1.97 bits per heavy atom. The van der Waals surface area contributed by atoms with Gasteiger partial charge in [0, 0.05) is 16.2 Å². The minimum Gasteiger partial charge on any atom is -0.507 e. The van der Waals surface area contributed by atoms with Crippen molar-refractivity contribution in [3.63, 3.8) is 0 Å². The summed E-state index contributed by atoms with van der Waals surface area (Å²) in [6, 6.07) is 16.4. The van der Waals surface area contributed by atoms with E-state index in [2.05, 4.69) is 0 Å². The maximum atomic E-state index is 11.9. The van der Waals surface area contributed by atoms with Crippen LogP contribution in [0.3, 0.4) is 0 Å². The van der Waals surface area contributed by atoms with Gasteiger partial charge in [-0.2, -0.15) is 16.8 Å². The summed E-state index contributed by atoms with van der Waals surface area (Å²) in [6.07, 6.45) is 0. The Balaban J connectivity index is 2.03. The van der Waals surface area contributed by atoms with Crippen LogP contribution in [0.1, 0.15) is 0 Å². The van der Waals surface area contributed by atoms with Gasteiger partial charge in [-0.1, -0.05) is 36.4 Å². The highest BCUT2D eigenvalue weighted by Gasteiger charge is 2.18. The van der Waals surface area contributed by atoms with Crippen molar-refractivity contribution in [3.05, 3.63) is 66.7 Å². The Labute approximate surface area is 166 Å². The van der Waals surface area contributed by atoms with Crippen LogP contribution < -0.4 is 0 Å². The molecule has 0 radical (unpaired) electrons. The second-order valence-electron chi connectivity index (χ2n) is 6.49. The number of benzene rings is 4. The Hall–Kier alpha value is -2.98. The molecular formula is C20H14O7S2. The minimum atomic E-state index is -4.50. The number of rotatable bonds is 3. The predicted octanol–water partition coefficient (Wildman–Crippen LogP) is 3.86. The SMILES string of the molecule is O=S(=O)(O)c1cc(-c2ccc3c(S(=O)(=O)O)ccc(O)c3c2)cc2ccccc12. The first-order valence-electron chi connectivity index (χ1n) is 8.29. The third-order valence-corrected chi connectivity index (χ3v) is 6.47. The predicted molar refractivity (Wildman–Crippen MR) is 108 cm³/mol. The monoisotopic (exact) mass is 430 g/mol. The highest BCUT2D eigenvalue weighted by Crippen LogP contribution is 2.36. The summed E-state index contributed by atoms with van der Waals surface area (Å²) in [7, 11) is -9.00. The number of aromatic hydroxyl groups is 1. The standard InChI is InChI=1S/C20H14O7S2/c21-18-7-8-19(28(22,23)24)16-6-5-12(10-17(16)18)14-9-13-3-1-2-4-15(13)20(11-14)29(25,26)27/h1-11,21H,(H,22,23,24)(H,25,26,27). The molecule has 0 amide bonds. The molecule has 0 atom stereocenters. The van der Waals surface area contributed by atoms with E-state index in [-0.39, 0.29) is 26.3 Å². The van der Waals surface area contributed by atoms with E-state index in [1.54, 1.807) is 30.3 Å². The minimum absolute atomic E-state index is 0.118. The lowest BCUT2D eigenvalue weighted by Gasteiger charge is -2.11.